The number of aromatic nitrogens is 1. The maximum absolute atomic E-state index is 13.7. The minimum Gasteiger partial charge on any atom is -0.488 e. The van der Waals surface area contributed by atoms with Crippen molar-refractivity contribution < 1.29 is 23.0 Å². The normalized spacial score (nSPS) is 15.5. The molecule has 0 aromatic carbocycles. The van der Waals surface area contributed by atoms with Gasteiger partial charge in [0.15, 0.2) is 0 Å². The summed E-state index contributed by atoms with van der Waals surface area (Å²) in [6.45, 7) is 2.25. The van der Waals surface area contributed by atoms with Crippen LogP contribution in [-0.2, 0) is 4.74 Å². The van der Waals surface area contributed by atoms with Gasteiger partial charge in [0.2, 0.25) is 0 Å². The van der Waals surface area contributed by atoms with Crippen LogP contribution >= 0.6 is 0 Å². The lowest BCUT2D eigenvalue weighted by molar-refractivity contribution is 0.113. The third kappa shape index (κ3) is 6.95. The molecule has 0 radical (unpaired) electrons. The van der Waals surface area contributed by atoms with Crippen molar-refractivity contribution in [2.24, 2.45) is 11.6 Å². The third-order valence-corrected chi connectivity index (χ3v) is 5.15. The zero-order chi connectivity index (χ0) is 23.0. The van der Waals surface area contributed by atoms with Gasteiger partial charge < -0.3 is 25.1 Å². The number of nitrogens with two attached hydrogens (primary N) is 2. The summed E-state index contributed by atoms with van der Waals surface area (Å²) >= 11 is 0. The van der Waals surface area contributed by atoms with Crippen LogP contribution in [0.3, 0.4) is 0 Å². The van der Waals surface area contributed by atoms with Crippen molar-refractivity contribution in [2.75, 3.05) is 27.2 Å². The molecule has 10 heteroatoms. The summed E-state index contributed by atoms with van der Waals surface area (Å²) < 4.78 is 38.4. The van der Waals surface area contributed by atoms with E-state index in [1.54, 1.807) is 7.05 Å². The van der Waals surface area contributed by atoms with Crippen LogP contribution in [0, 0.1) is 0 Å². The maximum Gasteiger partial charge on any atom is 0.409 e. The van der Waals surface area contributed by atoms with Crippen LogP contribution in [0.5, 0.6) is 5.75 Å². The Hall–Kier alpha value is -2.62. The van der Waals surface area contributed by atoms with E-state index < -0.39 is 18.2 Å². The predicted octanol–water partition coefficient (Wildman–Crippen LogP) is 3.64. The van der Waals surface area contributed by atoms with Crippen LogP contribution < -0.4 is 16.3 Å². The smallest absolute Gasteiger partial charge is 0.409 e. The number of pyridine rings is 1. The largest absolute Gasteiger partial charge is 0.488 e. The van der Waals surface area contributed by atoms with Gasteiger partial charge in [-0.3, -0.25) is 0 Å². The molecule has 2 rings (SSSR count). The minimum absolute atomic E-state index is 0.0436. The Morgan fingerprint density at radius 3 is 2.52 bits per heavy atom. The fourth-order valence-corrected chi connectivity index (χ4v) is 3.42. The molecule has 0 spiro atoms. The number of hydrogen-bond donors (Lipinski definition) is 2. The molecular weight excluding hydrogens is 408 g/mol. The number of amides is 1. The molecule has 1 aromatic rings. The van der Waals surface area contributed by atoms with E-state index in [1.165, 1.54) is 29.1 Å². The first-order valence-electron chi connectivity index (χ1n) is 10.6. The zero-order valence-corrected chi connectivity index (χ0v) is 18.4. The number of rotatable bonds is 9. The Balaban J connectivity index is 2.24. The van der Waals surface area contributed by atoms with Gasteiger partial charge in [-0.25, -0.2) is 24.4 Å². The molecular formula is C21H33F2N5O3. The van der Waals surface area contributed by atoms with Gasteiger partial charge in [0.1, 0.15) is 18.1 Å². The molecule has 31 heavy (non-hydrogen) atoms. The minimum atomic E-state index is -2.83. The quantitative estimate of drug-likeness (QED) is 0.445. The molecule has 0 bridgehead atoms. The van der Waals surface area contributed by atoms with Crippen molar-refractivity contribution in [1.82, 2.24) is 14.9 Å². The number of alkyl halides is 2. The van der Waals surface area contributed by atoms with Crippen molar-refractivity contribution in [3.63, 3.8) is 0 Å². The number of halogens is 2. The number of hydrazine groups is 1. The fourth-order valence-electron chi connectivity index (χ4n) is 3.42. The highest BCUT2D eigenvalue weighted by Gasteiger charge is 2.23. The Morgan fingerprint density at radius 2 is 1.94 bits per heavy atom. The summed E-state index contributed by atoms with van der Waals surface area (Å²) in [5, 5.41) is 1.18. The van der Waals surface area contributed by atoms with Crippen LogP contribution in [0.4, 0.5) is 13.6 Å². The summed E-state index contributed by atoms with van der Waals surface area (Å²) in [7, 11) is 3.13. The van der Waals surface area contributed by atoms with Crippen molar-refractivity contribution in [3.8, 4) is 5.75 Å². The Bertz CT molecular complexity index is 767. The monoisotopic (exact) mass is 441 g/mol. The summed E-state index contributed by atoms with van der Waals surface area (Å²) in [6.07, 6.45) is 2.19. The predicted molar refractivity (Wildman–Crippen MR) is 114 cm³/mol. The maximum atomic E-state index is 13.7. The standard InChI is InChI=1S/C21H33F2N5O3/c1-4-12-27(2)21(29)30-13-16(28(3)25)18(24)15-10-11-17(19(26-15)20(22)23)31-14-8-6-5-7-9-14/h10-11,14,20H,4-9,12-13,24-25H2,1-3H3/b18-16-. The Morgan fingerprint density at radius 1 is 1.26 bits per heavy atom. The van der Waals surface area contributed by atoms with Gasteiger partial charge >= 0.3 is 6.09 Å². The second kappa shape index (κ2) is 11.7. The van der Waals surface area contributed by atoms with E-state index in [2.05, 4.69) is 4.98 Å². The molecule has 1 amide bonds. The SMILES string of the molecule is CCCN(C)C(=O)OC/C(=C(/N)c1ccc(OC2CCCCC2)c(C(F)F)n1)N(C)N. The van der Waals surface area contributed by atoms with Gasteiger partial charge in [-0.1, -0.05) is 13.3 Å². The van der Waals surface area contributed by atoms with Crippen molar-refractivity contribution in [1.29, 1.82) is 0 Å². The Kier molecular flexibility index (Phi) is 9.29. The number of carbonyl (C=O) groups excluding carboxylic acids is 1. The van der Waals surface area contributed by atoms with Gasteiger partial charge in [-0.05, 0) is 44.2 Å². The van der Waals surface area contributed by atoms with Crippen molar-refractivity contribution >= 4 is 11.8 Å². The molecule has 0 saturated heterocycles. The molecule has 1 aliphatic carbocycles. The molecule has 0 aliphatic heterocycles. The molecule has 174 valence electrons. The van der Waals surface area contributed by atoms with E-state index in [4.69, 9.17) is 21.1 Å². The van der Waals surface area contributed by atoms with Gasteiger partial charge in [-0.15, -0.1) is 0 Å². The highest BCUT2D eigenvalue weighted by molar-refractivity contribution is 5.68. The lowest BCUT2D eigenvalue weighted by Crippen LogP contribution is -2.34. The molecule has 1 aliphatic rings. The van der Waals surface area contributed by atoms with E-state index >= 15 is 0 Å². The second-order valence-corrected chi connectivity index (χ2v) is 7.71. The number of carbonyl (C=O) groups is 1. The average Bonchev–Trinajstić information content (AvgIpc) is 2.74. The average molecular weight is 442 g/mol. The van der Waals surface area contributed by atoms with Gasteiger partial charge in [-0.2, -0.15) is 0 Å². The van der Waals surface area contributed by atoms with Crippen molar-refractivity contribution in [2.45, 2.75) is 58.0 Å². The van der Waals surface area contributed by atoms with Gasteiger partial charge in [0, 0.05) is 20.6 Å². The van der Waals surface area contributed by atoms with Gasteiger partial charge in [0.05, 0.1) is 23.2 Å². The van der Waals surface area contributed by atoms with Crippen LogP contribution in [0.1, 0.15) is 63.3 Å². The van der Waals surface area contributed by atoms with Gasteiger partial charge in [0.25, 0.3) is 6.43 Å². The molecule has 1 aromatic heterocycles. The molecule has 0 unspecified atom stereocenters. The van der Waals surface area contributed by atoms with E-state index in [-0.39, 0.29) is 35.5 Å². The lowest BCUT2D eigenvalue weighted by atomic mass is 9.98. The van der Waals surface area contributed by atoms with E-state index in [0.29, 0.717) is 6.54 Å². The first-order valence-corrected chi connectivity index (χ1v) is 10.6. The van der Waals surface area contributed by atoms with E-state index in [1.807, 2.05) is 6.92 Å². The van der Waals surface area contributed by atoms with Crippen LogP contribution in [0.2, 0.25) is 0 Å². The fraction of sp³-hybridized carbons (Fsp3) is 0.619. The molecule has 0 atom stereocenters. The lowest BCUT2D eigenvalue weighted by Gasteiger charge is -2.24. The van der Waals surface area contributed by atoms with Crippen LogP contribution in [0.25, 0.3) is 5.70 Å². The highest BCUT2D eigenvalue weighted by atomic mass is 19.3. The van der Waals surface area contributed by atoms with Crippen LogP contribution in [0.15, 0.2) is 17.8 Å². The van der Waals surface area contributed by atoms with E-state index in [0.717, 1.165) is 38.5 Å². The number of likely N-dealkylation sites (N-methyl/N-ethyl adjacent to an activating group) is 1. The number of ether oxygens (including phenoxy) is 2. The highest BCUT2D eigenvalue weighted by Crippen LogP contribution is 2.32. The molecule has 1 heterocycles. The zero-order valence-electron chi connectivity index (χ0n) is 18.4. The van der Waals surface area contributed by atoms with Crippen LogP contribution in [-0.4, -0.2) is 54.3 Å². The summed E-state index contributed by atoms with van der Waals surface area (Å²) in [5.74, 6) is 5.90. The third-order valence-electron chi connectivity index (χ3n) is 5.15. The molecule has 1 saturated carbocycles. The number of nitrogens with zero attached hydrogens (tertiary/aromatic N) is 3. The second-order valence-electron chi connectivity index (χ2n) is 7.71. The summed E-state index contributed by atoms with van der Waals surface area (Å²) in [4.78, 5) is 17.5. The number of hydrogen-bond acceptors (Lipinski definition) is 7. The Labute approximate surface area is 182 Å². The first kappa shape index (κ1) is 24.6. The summed E-state index contributed by atoms with van der Waals surface area (Å²) in [6, 6.07) is 2.97. The molecule has 4 N–H and O–H groups in total. The molecule has 8 nitrogen and oxygen atoms in total. The topological polar surface area (TPSA) is 107 Å². The molecule has 1 fully saturated rings. The van der Waals surface area contributed by atoms with E-state index in [9.17, 15) is 13.6 Å². The van der Waals surface area contributed by atoms with Crippen molar-refractivity contribution in [3.05, 3.63) is 29.2 Å². The first-order chi connectivity index (χ1) is 14.7. The summed E-state index contributed by atoms with van der Waals surface area (Å²) in [5.41, 5.74) is 6.10.